The summed E-state index contributed by atoms with van der Waals surface area (Å²) in [6.45, 7) is 0.0505. The van der Waals surface area contributed by atoms with Crippen molar-refractivity contribution < 1.29 is 26.3 Å². The molecule has 1 heterocycles. The van der Waals surface area contributed by atoms with Crippen molar-refractivity contribution in [1.29, 1.82) is 0 Å². The molecule has 5 nitrogen and oxygen atoms in total. The van der Waals surface area contributed by atoms with Gasteiger partial charge in [-0.3, -0.25) is 0 Å². The molecule has 0 bridgehead atoms. The second-order valence-electron chi connectivity index (χ2n) is 4.73. The van der Waals surface area contributed by atoms with E-state index in [0.717, 1.165) is 12.1 Å². The molecule has 1 N–H and O–H groups in total. The molecule has 1 aromatic heterocycles. The Morgan fingerprint density at radius 1 is 1.13 bits per heavy atom. The first-order chi connectivity index (χ1) is 10.5. The van der Waals surface area contributed by atoms with Crippen molar-refractivity contribution in [2.45, 2.75) is 32.4 Å². The van der Waals surface area contributed by atoms with E-state index in [-0.39, 0.29) is 12.4 Å². The summed E-state index contributed by atoms with van der Waals surface area (Å²) in [5, 5.41) is 13.0. The molecular formula is C12H11F6N5. The van der Waals surface area contributed by atoms with Crippen LogP contribution in [-0.4, -0.2) is 26.4 Å². The minimum atomic E-state index is -4.46. The van der Waals surface area contributed by atoms with Gasteiger partial charge in [0, 0.05) is 5.69 Å². The first-order valence-corrected chi connectivity index (χ1v) is 6.30. The number of benzene rings is 1. The number of nitrogens with one attached hydrogen (secondary N) is 1. The molecule has 0 radical (unpaired) electrons. The van der Waals surface area contributed by atoms with Crippen LogP contribution in [-0.2, 0) is 19.3 Å². The van der Waals surface area contributed by atoms with Crippen LogP contribution in [0.25, 0.3) is 0 Å². The van der Waals surface area contributed by atoms with Crippen molar-refractivity contribution in [3.05, 3.63) is 35.2 Å². The lowest BCUT2D eigenvalue weighted by molar-refractivity contribution is -0.145. The Hall–Kier alpha value is -2.33. The molecular weight excluding hydrogens is 328 g/mol. The smallest absolute Gasteiger partial charge is 0.377 e. The number of hydrogen-bond donors (Lipinski definition) is 1. The first kappa shape index (κ1) is 17.0. The highest BCUT2D eigenvalue weighted by atomic mass is 19.4. The summed E-state index contributed by atoms with van der Waals surface area (Å²) in [6.07, 6.45) is -8.90. The zero-order chi connectivity index (χ0) is 17.3. The number of anilines is 1. The average Bonchev–Trinajstić information content (AvgIpc) is 2.81. The lowest BCUT2D eigenvalue weighted by Gasteiger charge is -2.11. The van der Waals surface area contributed by atoms with Crippen molar-refractivity contribution in [3.63, 3.8) is 0 Å². The molecule has 0 fully saturated rings. The van der Waals surface area contributed by atoms with Crippen LogP contribution in [0.1, 0.15) is 17.0 Å². The minimum absolute atomic E-state index is 0.00597. The third kappa shape index (κ3) is 4.83. The van der Waals surface area contributed by atoms with Gasteiger partial charge in [-0.15, -0.1) is 10.2 Å². The Labute approximate surface area is 126 Å². The molecule has 0 saturated carbocycles. The fourth-order valence-electron chi connectivity index (χ4n) is 1.79. The molecule has 0 unspecified atom stereocenters. The summed E-state index contributed by atoms with van der Waals surface area (Å²) >= 11 is 0. The van der Waals surface area contributed by atoms with E-state index in [4.69, 9.17) is 0 Å². The molecule has 0 atom stereocenters. The van der Waals surface area contributed by atoms with Crippen LogP contribution < -0.4 is 5.32 Å². The molecule has 0 aliphatic carbocycles. The number of halogens is 6. The van der Waals surface area contributed by atoms with Crippen LogP contribution in [0.5, 0.6) is 0 Å². The van der Waals surface area contributed by atoms with Gasteiger partial charge in [0.1, 0.15) is 0 Å². The fraction of sp³-hybridized carbons (Fsp3) is 0.417. The van der Waals surface area contributed by atoms with Gasteiger partial charge in [0.25, 0.3) is 0 Å². The standard InChI is InChI=1S/C12H11F6N5/c1-7-4-8(12(16,17)18)2-3-9(7)19-5-10-20-22-23(21-10)6-11(13,14)15/h2-4,19H,5-6H2,1H3. The van der Waals surface area contributed by atoms with E-state index in [2.05, 4.69) is 20.7 Å². The molecule has 1 aromatic carbocycles. The highest BCUT2D eigenvalue weighted by Crippen LogP contribution is 2.31. The van der Waals surface area contributed by atoms with E-state index in [1.165, 1.54) is 13.0 Å². The van der Waals surface area contributed by atoms with E-state index in [0.29, 0.717) is 16.0 Å². The summed E-state index contributed by atoms with van der Waals surface area (Å²) in [5.74, 6) is -0.00597. The molecule has 126 valence electrons. The first-order valence-electron chi connectivity index (χ1n) is 6.30. The topological polar surface area (TPSA) is 55.6 Å². The molecule has 0 aliphatic rings. The summed E-state index contributed by atoms with van der Waals surface area (Å²) < 4.78 is 74.1. The second-order valence-corrected chi connectivity index (χ2v) is 4.73. The van der Waals surface area contributed by atoms with Gasteiger partial charge in [0.05, 0.1) is 12.1 Å². The predicted molar refractivity (Wildman–Crippen MR) is 67.4 cm³/mol. The number of hydrogen-bond acceptors (Lipinski definition) is 4. The van der Waals surface area contributed by atoms with Crippen LogP contribution in [0.15, 0.2) is 18.2 Å². The maximum absolute atomic E-state index is 12.5. The number of aryl methyl sites for hydroxylation is 1. The fourth-order valence-corrected chi connectivity index (χ4v) is 1.79. The van der Waals surface area contributed by atoms with E-state index in [9.17, 15) is 26.3 Å². The number of nitrogens with zero attached hydrogens (tertiary/aromatic N) is 4. The van der Waals surface area contributed by atoms with Gasteiger partial charge in [-0.2, -0.15) is 31.1 Å². The zero-order valence-corrected chi connectivity index (χ0v) is 11.7. The van der Waals surface area contributed by atoms with Crippen molar-refractivity contribution in [2.75, 3.05) is 5.32 Å². The Bertz CT molecular complexity index is 675. The number of aromatic nitrogens is 4. The van der Waals surface area contributed by atoms with Crippen LogP contribution in [0.2, 0.25) is 0 Å². The van der Waals surface area contributed by atoms with Gasteiger partial charge >= 0.3 is 12.4 Å². The monoisotopic (exact) mass is 339 g/mol. The van der Waals surface area contributed by atoms with E-state index in [1.807, 2.05) is 0 Å². The molecule has 0 aliphatic heterocycles. The predicted octanol–water partition coefficient (Wildman–Crippen LogP) is 3.17. The largest absolute Gasteiger partial charge is 0.416 e. The van der Waals surface area contributed by atoms with E-state index in [1.54, 1.807) is 0 Å². The summed E-state index contributed by atoms with van der Waals surface area (Å²) in [5.41, 5.74) is -0.0533. The van der Waals surface area contributed by atoms with Crippen molar-refractivity contribution in [2.24, 2.45) is 0 Å². The third-order valence-electron chi connectivity index (χ3n) is 2.81. The molecule has 0 spiro atoms. The molecule has 2 rings (SSSR count). The third-order valence-corrected chi connectivity index (χ3v) is 2.81. The number of alkyl halides is 6. The van der Waals surface area contributed by atoms with Gasteiger partial charge in [0.2, 0.25) is 0 Å². The summed E-state index contributed by atoms with van der Waals surface area (Å²) in [4.78, 5) is 0.399. The lowest BCUT2D eigenvalue weighted by atomic mass is 10.1. The van der Waals surface area contributed by atoms with Gasteiger partial charge in [-0.1, -0.05) is 0 Å². The lowest BCUT2D eigenvalue weighted by Crippen LogP contribution is -2.20. The molecule has 2 aromatic rings. The summed E-state index contributed by atoms with van der Waals surface area (Å²) in [7, 11) is 0. The maximum atomic E-state index is 12.5. The zero-order valence-electron chi connectivity index (χ0n) is 11.7. The van der Waals surface area contributed by atoms with Crippen LogP contribution in [0.3, 0.4) is 0 Å². The van der Waals surface area contributed by atoms with Gasteiger partial charge in [0.15, 0.2) is 12.4 Å². The molecule has 23 heavy (non-hydrogen) atoms. The summed E-state index contributed by atoms with van der Waals surface area (Å²) in [6, 6.07) is 3.11. The van der Waals surface area contributed by atoms with E-state index >= 15 is 0 Å². The quantitative estimate of drug-likeness (QED) is 0.870. The highest BCUT2D eigenvalue weighted by Gasteiger charge is 2.31. The molecule has 0 amide bonds. The maximum Gasteiger partial charge on any atom is 0.416 e. The van der Waals surface area contributed by atoms with Crippen molar-refractivity contribution in [3.8, 4) is 0 Å². The number of tetrazole rings is 1. The van der Waals surface area contributed by atoms with Crippen molar-refractivity contribution in [1.82, 2.24) is 20.2 Å². The normalized spacial score (nSPS) is 12.5. The Balaban J connectivity index is 2.01. The molecule has 11 heteroatoms. The van der Waals surface area contributed by atoms with Gasteiger partial charge < -0.3 is 5.32 Å². The molecule has 0 saturated heterocycles. The second kappa shape index (κ2) is 6.05. The highest BCUT2D eigenvalue weighted by molar-refractivity contribution is 5.52. The Morgan fingerprint density at radius 2 is 1.83 bits per heavy atom. The van der Waals surface area contributed by atoms with E-state index < -0.39 is 24.5 Å². The van der Waals surface area contributed by atoms with Crippen LogP contribution in [0.4, 0.5) is 32.0 Å². The SMILES string of the molecule is Cc1cc(C(F)(F)F)ccc1NCc1nnn(CC(F)(F)F)n1. The van der Waals surface area contributed by atoms with Crippen LogP contribution in [0, 0.1) is 6.92 Å². The van der Waals surface area contributed by atoms with Gasteiger partial charge in [-0.05, 0) is 35.9 Å². The minimum Gasteiger partial charge on any atom is -0.377 e. The van der Waals surface area contributed by atoms with Gasteiger partial charge in [-0.25, -0.2) is 0 Å². The average molecular weight is 339 g/mol. The Morgan fingerprint density at radius 3 is 2.39 bits per heavy atom. The van der Waals surface area contributed by atoms with Crippen LogP contribution >= 0.6 is 0 Å². The Kier molecular flexibility index (Phi) is 4.48. The van der Waals surface area contributed by atoms with Crippen molar-refractivity contribution >= 4 is 5.69 Å². The number of rotatable bonds is 4.